The van der Waals surface area contributed by atoms with Crippen molar-refractivity contribution in [2.24, 2.45) is 0 Å². The van der Waals surface area contributed by atoms with E-state index in [1.165, 1.54) is 0 Å². The largest absolute Gasteiger partial charge is 0.384 e. The number of anilines is 1. The Morgan fingerprint density at radius 1 is 1.60 bits per heavy atom. The van der Waals surface area contributed by atoms with Gasteiger partial charge in [-0.15, -0.1) is 0 Å². The fourth-order valence-electron chi connectivity index (χ4n) is 1.93. The van der Waals surface area contributed by atoms with Crippen molar-refractivity contribution in [3.05, 3.63) is 28.7 Å². The van der Waals surface area contributed by atoms with Gasteiger partial charge in [0.05, 0.1) is 12.6 Å². The Morgan fingerprint density at radius 3 is 3.13 bits per heavy atom. The van der Waals surface area contributed by atoms with Crippen LogP contribution in [0, 0.1) is 0 Å². The average Bonchev–Trinajstić information content (AvgIpc) is 2.30. The molecule has 0 radical (unpaired) electrons. The first kappa shape index (κ1) is 10.2. The minimum atomic E-state index is 0.0375. The van der Waals surface area contributed by atoms with E-state index in [-0.39, 0.29) is 11.6 Å². The summed E-state index contributed by atoms with van der Waals surface area (Å²) in [6, 6.07) is 3.88. The van der Waals surface area contributed by atoms with Crippen LogP contribution >= 0.6 is 0 Å². The van der Waals surface area contributed by atoms with E-state index in [1.807, 2.05) is 12.3 Å². The number of aromatic nitrogens is 1. The molecule has 15 heavy (non-hydrogen) atoms. The maximum absolute atomic E-state index is 11.9. The minimum Gasteiger partial charge on any atom is -0.384 e. The van der Waals surface area contributed by atoms with E-state index in [1.54, 1.807) is 17.7 Å². The van der Waals surface area contributed by atoms with Crippen molar-refractivity contribution < 1.29 is 4.74 Å². The zero-order chi connectivity index (χ0) is 10.7. The summed E-state index contributed by atoms with van der Waals surface area (Å²) < 4.78 is 7.15. The van der Waals surface area contributed by atoms with Crippen LogP contribution in [0.4, 0.5) is 5.69 Å². The number of pyridine rings is 1. The van der Waals surface area contributed by atoms with Gasteiger partial charge in [-0.3, -0.25) is 4.79 Å². The topological polar surface area (TPSA) is 43.3 Å². The highest BCUT2D eigenvalue weighted by Crippen LogP contribution is 2.17. The Morgan fingerprint density at radius 2 is 2.47 bits per heavy atom. The number of hydrogen-bond donors (Lipinski definition) is 1. The van der Waals surface area contributed by atoms with E-state index in [0.717, 1.165) is 19.4 Å². The SMILES string of the molecule is CNc1cccn(C2CCCOC2)c1=O. The summed E-state index contributed by atoms with van der Waals surface area (Å²) in [4.78, 5) is 11.9. The predicted octanol–water partition coefficient (Wildman–Crippen LogP) is 1.24. The minimum absolute atomic E-state index is 0.0375. The third-order valence-corrected chi connectivity index (χ3v) is 2.77. The van der Waals surface area contributed by atoms with Crippen molar-refractivity contribution in [1.29, 1.82) is 0 Å². The van der Waals surface area contributed by atoms with E-state index in [2.05, 4.69) is 5.32 Å². The van der Waals surface area contributed by atoms with E-state index < -0.39 is 0 Å². The Hall–Kier alpha value is -1.29. The zero-order valence-corrected chi connectivity index (χ0v) is 8.90. The van der Waals surface area contributed by atoms with Crippen LogP contribution in [0.25, 0.3) is 0 Å². The first-order valence-electron chi connectivity index (χ1n) is 5.29. The molecule has 1 aromatic rings. The van der Waals surface area contributed by atoms with Gasteiger partial charge in [0.2, 0.25) is 0 Å². The molecule has 2 rings (SSSR count). The van der Waals surface area contributed by atoms with Gasteiger partial charge in [0.25, 0.3) is 5.56 Å². The van der Waals surface area contributed by atoms with Gasteiger partial charge < -0.3 is 14.6 Å². The molecule has 4 heteroatoms. The molecule has 0 spiro atoms. The lowest BCUT2D eigenvalue weighted by Crippen LogP contribution is -2.30. The number of hydrogen-bond acceptors (Lipinski definition) is 3. The summed E-state index contributed by atoms with van der Waals surface area (Å²) in [6.45, 7) is 1.46. The van der Waals surface area contributed by atoms with Crippen LogP contribution in [0.1, 0.15) is 18.9 Å². The fraction of sp³-hybridized carbons (Fsp3) is 0.545. The molecule has 0 aromatic carbocycles. The molecule has 1 unspecified atom stereocenters. The van der Waals surface area contributed by atoms with Crippen molar-refractivity contribution in [2.45, 2.75) is 18.9 Å². The van der Waals surface area contributed by atoms with Crippen molar-refractivity contribution in [2.75, 3.05) is 25.6 Å². The van der Waals surface area contributed by atoms with Crippen molar-refractivity contribution in [1.82, 2.24) is 4.57 Å². The van der Waals surface area contributed by atoms with E-state index in [9.17, 15) is 4.79 Å². The number of ether oxygens (including phenoxy) is 1. The van der Waals surface area contributed by atoms with Crippen molar-refractivity contribution >= 4 is 5.69 Å². The highest BCUT2D eigenvalue weighted by atomic mass is 16.5. The third-order valence-electron chi connectivity index (χ3n) is 2.77. The molecule has 1 aliphatic rings. The molecular formula is C11H16N2O2. The van der Waals surface area contributed by atoms with Gasteiger partial charge in [-0.1, -0.05) is 0 Å². The monoisotopic (exact) mass is 208 g/mol. The quantitative estimate of drug-likeness (QED) is 0.795. The Balaban J connectivity index is 2.30. The first-order valence-corrected chi connectivity index (χ1v) is 5.29. The second-order valence-corrected chi connectivity index (χ2v) is 3.76. The van der Waals surface area contributed by atoms with Gasteiger partial charge >= 0.3 is 0 Å². The lowest BCUT2D eigenvalue weighted by atomic mass is 10.1. The average molecular weight is 208 g/mol. The summed E-state index contributed by atoms with van der Waals surface area (Å²) in [5, 5.41) is 2.90. The first-order chi connectivity index (χ1) is 7.33. The molecule has 1 saturated heterocycles. The molecule has 0 bridgehead atoms. The Bertz CT molecular complexity index is 380. The normalized spacial score (nSPS) is 21.3. The molecule has 2 heterocycles. The second-order valence-electron chi connectivity index (χ2n) is 3.76. The third kappa shape index (κ3) is 2.04. The second kappa shape index (κ2) is 4.49. The highest BCUT2D eigenvalue weighted by Gasteiger charge is 2.17. The molecule has 1 aliphatic heterocycles. The number of nitrogens with one attached hydrogen (secondary N) is 1. The standard InChI is InChI=1S/C11H16N2O2/c1-12-10-5-2-6-13(11(10)14)9-4-3-7-15-8-9/h2,5-6,9,12H,3-4,7-8H2,1H3. The predicted molar refractivity (Wildman–Crippen MR) is 59.3 cm³/mol. The number of rotatable bonds is 2. The highest BCUT2D eigenvalue weighted by molar-refractivity contribution is 5.39. The molecule has 0 amide bonds. The van der Waals surface area contributed by atoms with Crippen molar-refractivity contribution in [3.8, 4) is 0 Å². The molecule has 0 aliphatic carbocycles. The summed E-state index contributed by atoms with van der Waals surface area (Å²) in [5.41, 5.74) is 0.679. The Kier molecular flexibility index (Phi) is 3.06. The summed E-state index contributed by atoms with van der Waals surface area (Å²) >= 11 is 0. The molecule has 0 saturated carbocycles. The van der Waals surface area contributed by atoms with Crippen LogP contribution in [0.3, 0.4) is 0 Å². The molecule has 4 nitrogen and oxygen atoms in total. The molecule has 1 N–H and O–H groups in total. The molecule has 1 atom stereocenters. The maximum Gasteiger partial charge on any atom is 0.274 e. The van der Waals surface area contributed by atoms with Crippen LogP contribution in [0.15, 0.2) is 23.1 Å². The summed E-state index contributed by atoms with van der Waals surface area (Å²) in [6.07, 6.45) is 3.89. The van der Waals surface area contributed by atoms with Crippen molar-refractivity contribution in [3.63, 3.8) is 0 Å². The fourth-order valence-corrected chi connectivity index (χ4v) is 1.93. The Labute approximate surface area is 88.9 Å². The molecule has 1 fully saturated rings. The van der Waals surface area contributed by atoms with Crippen LogP contribution in [-0.2, 0) is 4.74 Å². The maximum atomic E-state index is 11.9. The molecular weight excluding hydrogens is 192 g/mol. The van der Waals surface area contributed by atoms with Crippen LogP contribution in [-0.4, -0.2) is 24.8 Å². The summed E-state index contributed by atoms with van der Waals surface area (Å²) in [7, 11) is 1.76. The van der Waals surface area contributed by atoms with Gasteiger partial charge in [-0.05, 0) is 25.0 Å². The van der Waals surface area contributed by atoms with Gasteiger partial charge in [0.15, 0.2) is 0 Å². The molecule has 1 aromatic heterocycles. The van der Waals surface area contributed by atoms with Gasteiger partial charge in [-0.25, -0.2) is 0 Å². The van der Waals surface area contributed by atoms with Crippen LogP contribution < -0.4 is 10.9 Å². The van der Waals surface area contributed by atoms with E-state index in [0.29, 0.717) is 12.3 Å². The van der Waals surface area contributed by atoms with E-state index >= 15 is 0 Å². The lowest BCUT2D eigenvalue weighted by molar-refractivity contribution is 0.0580. The van der Waals surface area contributed by atoms with Gasteiger partial charge in [0, 0.05) is 19.9 Å². The molecule has 82 valence electrons. The van der Waals surface area contributed by atoms with Crippen LogP contribution in [0.5, 0.6) is 0 Å². The number of nitrogens with zero attached hydrogens (tertiary/aromatic N) is 1. The lowest BCUT2D eigenvalue weighted by Gasteiger charge is -2.24. The smallest absolute Gasteiger partial charge is 0.274 e. The van der Waals surface area contributed by atoms with E-state index in [4.69, 9.17) is 4.74 Å². The zero-order valence-electron chi connectivity index (χ0n) is 8.90. The van der Waals surface area contributed by atoms with Crippen LogP contribution in [0.2, 0.25) is 0 Å². The van der Waals surface area contributed by atoms with Gasteiger partial charge in [0.1, 0.15) is 5.69 Å². The summed E-state index contributed by atoms with van der Waals surface area (Å²) in [5.74, 6) is 0. The van der Waals surface area contributed by atoms with Gasteiger partial charge in [-0.2, -0.15) is 0 Å².